The molecular weight excluding hydrogens is 302 g/mol. The predicted octanol–water partition coefficient (Wildman–Crippen LogP) is 2.79. The van der Waals surface area contributed by atoms with Gasteiger partial charge in [-0.05, 0) is 25.0 Å². The van der Waals surface area contributed by atoms with Gasteiger partial charge >= 0.3 is 0 Å². The van der Waals surface area contributed by atoms with Crippen LogP contribution in [0.15, 0.2) is 12.1 Å². The lowest BCUT2D eigenvalue weighted by Gasteiger charge is -2.27. The van der Waals surface area contributed by atoms with Crippen molar-refractivity contribution < 1.29 is 18.3 Å². The number of benzene rings is 1. The molecule has 0 unspecified atom stereocenters. The van der Waals surface area contributed by atoms with Gasteiger partial charge < -0.3 is 10.1 Å². The summed E-state index contributed by atoms with van der Waals surface area (Å²) in [6.45, 7) is -0.273. The highest BCUT2D eigenvalue weighted by Crippen LogP contribution is 2.26. The summed E-state index contributed by atoms with van der Waals surface area (Å²) in [5.74, 6) is -1.38. The Morgan fingerprint density at radius 3 is 2.61 bits per heavy atom. The Morgan fingerprint density at radius 1 is 1.35 bits per heavy atom. The van der Waals surface area contributed by atoms with Crippen LogP contribution in [-0.4, -0.2) is 18.6 Å². The second-order valence-corrected chi connectivity index (χ2v) is 5.36. The van der Waals surface area contributed by atoms with Crippen molar-refractivity contribution in [3.05, 3.63) is 29.3 Å². The monoisotopic (exact) mass is 318 g/mol. The lowest BCUT2D eigenvalue weighted by molar-refractivity contribution is 0.0916. The highest BCUT2D eigenvalue weighted by atomic mass is 19.1. The number of nitrogens with one attached hydrogen (secondary N) is 1. The number of nitrogens with zero attached hydrogens (tertiary/aromatic N) is 1. The van der Waals surface area contributed by atoms with E-state index >= 15 is 0 Å². The van der Waals surface area contributed by atoms with Gasteiger partial charge in [-0.1, -0.05) is 18.8 Å². The molecule has 1 aromatic carbocycles. The summed E-state index contributed by atoms with van der Waals surface area (Å²) in [4.78, 5) is 12.2. The Bertz CT molecular complexity index is 653. The van der Waals surface area contributed by atoms with E-state index in [1.807, 2.05) is 0 Å². The molecule has 1 amide bonds. The van der Waals surface area contributed by atoms with E-state index in [-0.39, 0.29) is 24.1 Å². The molecule has 1 aliphatic rings. The molecule has 1 saturated carbocycles. The number of nitriles is 1. The van der Waals surface area contributed by atoms with E-state index in [1.54, 1.807) is 0 Å². The summed E-state index contributed by atoms with van der Waals surface area (Å²) in [5.41, 5.74) is -0.157. The number of terminal acetylenes is 1. The number of ether oxygens (including phenoxy) is 1. The lowest BCUT2D eigenvalue weighted by atomic mass is 9.85. The zero-order valence-corrected chi connectivity index (χ0v) is 12.4. The average Bonchev–Trinajstić information content (AvgIpc) is 2.54. The van der Waals surface area contributed by atoms with Crippen LogP contribution in [-0.2, 0) is 0 Å². The van der Waals surface area contributed by atoms with Crippen molar-refractivity contribution >= 4 is 5.91 Å². The van der Waals surface area contributed by atoms with Crippen LogP contribution in [0.2, 0.25) is 0 Å². The molecule has 0 heterocycles. The van der Waals surface area contributed by atoms with Gasteiger partial charge in [-0.2, -0.15) is 5.26 Å². The van der Waals surface area contributed by atoms with Crippen LogP contribution >= 0.6 is 0 Å². The first-order valence-electron chi connectivity index (χ1n) is 7.32. The van der Waals surface area contributed by atoms with Crippen LogP contribution in [0, 0.1) is 41.2 Å². The zero-order valence-electron chi connectivity index (χ0n) is 12.4. The lowest BCUT2D eigenvalue weighted by Crippen LogP contribution is -2.41. The Morgan fingerprint density at radius 2 is 2.00 bits per heavy atom. The van der Waals surface area contributed by atoms with E-state index in [1.165, 1.54) is 0 Å². The molecule has 23 heavy (non-hydrogen) atoms. The van der Waals surface area contributed by atoms with Crippen LogP contribution in [0.4, 0.5) is 8.78 Å². The summed E-state index contributed by atoms with van der Waals surface area (Å²) in [6, 6.07) is 3.66. The third kappa shape index (κ3) is 3.98. The molecule has 2 rings (SSSR count). The molecule has 0 aliphatic heterocycles. The molecule has 4 nitrogen and oxygen atoms in total. The molecule has 1 fully saturated rings. The second kappa shape index (κ2) is 7.60. The van der Waals surface area contributed by atoms with Crippen molar-refractivity contribution in [1.82, 2.24) is 5.32 Å². The van der Waals surface area contributed by atoms with E-state index in [4.69, 9.17) is 16.4 Å². The molecule has 1 aromatic rings. The fraction of sp³-hybridized carbons (Fsp3) is 0.412. The van der Waals surface area contributed by atoms with E-state index in [0.717, 1.165) is 25.0 Å². The van der Waals surface area contributed by atoms with Gasteiger partial charge in [-0.3, -0.25) is 4.79 Å². The van der Waals surface area contributed by atoms with Crippen LogP contribution in [0.1, 0.15) is 36.0 Å². The molecule has 0 aromatic heterocycles. The topological polar surface area (TPSA) is 62.1 Å². The summed E-state index contributed by atoms with van der Waals surface area (Å²) >= 11 is 0. The van der Waals surface area contributed by atoms with Crippen LogP contribution < -0.4 is 10.1 Å². The highest BCUT2D eigenvalue weighted by molar-refractivity contribution is 5.94. The summed E-state index contributed by atoms with van der Waals surface area (Å²) in [5, 5.41) is 11.8. The van der Waals surface area contributed by atoms with E-state index < -0.39 is 23.3 Å². The Labute approximate surface area is 133 Å². The summed E-state index contributed by atoms with van der Waals surface area (Å²) in [7, 11) is 0. The van der Waals surface area contributed by atoms with Gasteiger partial charge in [0, 0.05) is 11.6 Å². The molecule has 1 aliphatic carbocycles. The standard InChI is InChI=1S/C17H16F2N2O2/c1-2-7-23-16-13(18)8-12(9-14(16)19)17(22)21-15-6-4-3-5-11(15)10-20/h1,8-9,11,15H,3-7H2,(H,21,22)/t11-,15+/m0/s1. The zero-order chi connectivity index (χ0) is 16.8. The number of carbonyl (C=O) groups is 1. The quantitative estimate of drug-likeness (QED) is 0.868. The number of hydrogen-bond donors (Lipinski definition) is 1. The summed E-state index contributed by atoms with van der Waals surface area (Å²) in [6.07, 6.45) is 8.21. The predicted molar refractivity (Wildman–Crippen MR) is 79.5 cm³/mol. The molecular formula is C17H16F2N2O2. The minimum Gasteiger partial charge on any atom is -0.475 e. The molecule has 1 N–H and O–H groups in total. The van der Waals surface area contributed by atoms with Gasteiger partial charge in [0.25, 0.3) is 5.91 Å². The molecule has 0 spiro atoms. The van der Waals surface area contributed by atoms with Crippen molar-refractivity contribution in [1.29, 1.82) is 5.26 Å². The average molecular weight is 318 g/mol. The van der Waals surface area contributed by atoms with Gasteiger partial charge in [-0.25, -0.2) is 8.78 Å². The first kappa shape index (κ1) is 16.8. The molecule has 6 heteroatoms. The molecule has 120 valence electrons. The molecule has 0 bridgehead atoms. The van der Waals surface area contributed by atoms with Crippen molar-refractivity contribution in [3.63, 3.8) is 0 Å². The van der Waals surface area contributed by atoms with Crippen LogP contribution in [0.5, 0.6) is 5.75 Å². The minimum atomic E-state index is -0.995. The Kier molecular flexibility index (Phi) is 5.54. The first-order chi connectivity index (χ1) is 11.1. The maximum absolute atomic E-state index is 13.9. The van der Waals surface area contributed by atoms with Gasteiger partial charge in [0.1, 0.15) is 6.61 Å². The normalized spacial score (nSPS) is 20.2. The summed E-state index contributed by atoms with van der Waals surface area (Å²) < 4.78 is 32.5. The fourth-order valence-electron chi connectivity index (χ4n) is 2.65. The largest absolute Gasteiger partial charge is 0.475 e. The van der Waals surface area contributed by atoms with E-state index in [9.17, 15) is 13.6 Å². The number of amides is 1. The van der Waals surface area contributed by atoms with E-state index in [2.05, 4.69) is 17.3 Å². The van der Waals surface area contributed by atoms with Gasteiger partial charge in [0.2, 0.25) is 0 Å². The smallest absolute Gasteiger partial charge is 0.251 e. The maximum Gasteiger partial charge on any atom is 0.251 e. The SMILES string of the molecule is C#CCOc1c(F)cc(C(=O)N[C@@H]2CCCC[C@H]2C#N)cc1F. The van der Waals surface area contributed by atoms with Crippen LogP contribution in [0.25, 0.3) is 0 Å². The molecule has 2 atom stereocenters. The second-order valence-electron chi connectivity index (χ2n) is 5.36. The first-order valence-corrected chi connectivity index (χ1v) is 7.32. The van der Waals surface area contributed by atoms with Gasteiger partial charge in [-0.15, -0.1) is 6.42 Å². The van der Waals surface area contributed by atoms with Crippen molar-refractivity contribution in [2.45, 2.75) is 31.7 Å². The van der Waals surface area contributed by atoms with Crippen LogP contribution in [0.3, 0.4) is 0 Å². The van der Waals surface area contributed by atoms with Gasteiger partial charge in [0.05, 0.1) is 12.0 Å². The molecule has 0 saturated heterocycles. The third-order valence-electron chi connectivity index (χ3n) is 3.81. The van der Waals surface area contributed by atoms with Gasteiger partial charge in [0.15, 0.2) is 17.4 Å². The Balaban J connectivity index is 2.14. The minimum absolute atomic E-state index is 0.157. The molecule has 0 radical (unpaired) electrons. The number of rotatable bonds is 4. The highest BCUT2D eigenvalue weighted by Gasteiger charge is 2.27. The van der Waals surface area contributed by atoms with Crippen molar-refractivity contribution in [2.24, 2.45) is 5.92 Å². The third-order valence-corrected chi connectivity index (χ3v) is 3.81. The number of halogens is 2. The number of hydrogen-bond acceptors (Lipinski definition) is 3. The van der Waals surface area contributed by atoms with E-state index in [0.29, 0.717) is 12.8 Å². The van der Waals surface area contributed by atoms with Crippen molar-refractivity contribution in [3.8, 4) is 24.2 Å². The van der Waals surface area contributed by atoms with Crippen molar-refractivity contribution in [2.75, 3.05) is 6.61 Å². The fourth-order valence-corrected chi connectivity index (χ4v) is 2.65. The Hall–Kier alpha value is -2.60. The maximum atomic E-state index is 13.9. The number of carbonyl (C=O) groups excluding carboxylic acids is 1.